The average molecular weight is 561 g/mol. The molecule has 1 unspecified atom stereocenters. The molecule has 0 aliphatic heterocycles. The number of hydrogen-bond donors (Lipinski definition) is 3. The molecule has 0 amide bonds. The van der Waals surface area contributed by atoms with Crippen LogP contribution in [0.4, 0.5) is 5.69 Å². The minimum atomic E-state index is -0.988. The third kappa shape index (κ3) is 11.8. The summed E-state index contributed by atoms with van der Waals surface area (Å²) in [5.74, 6) is -0.125. The predicted octanol–water partition coefficient (Wildman–Crippen LogP) is 5.97. The number of nitrogens with zero attached hydrogens (tertiary/aromatic N) is 3. The van der Waals surface area contributed by atoms with Crippen LogP contribution in [0.5, 0.6) is 0 Å². The van der Waals surface area contributed by atoms with Crippen molar-refractivity contribution >= 4 is 22.5 Å². The van der Waals surface area contributed by atoms with Gasteiger partial charge in [-0.3, -0.25) is 14.9 Å². The molecule has 3 atom stereocenters. The van der Waals surface area contributed by atoms with Crippen molar-refractivity contribution in [3.05, 3.63) is 40.0 Å². The topological polar surface area (TPSA) is 166 Å². The first kappa shape index (κ1) is 33.5. The van der Waals surface area contributed by atoms with Crippen LogP contribution in [0.1, 0.15) is 109 Å². The number of fused-ring (bicyclic) bond motifs is 1. The van der Waals surface area contributed by atoms with E-state index in [1.54, 1.807) is 18.2 Å². The molecule has 0 saturated carbocycles. The number of unbranched alkanes of at least 4 members (excludes halogenated alkanes) is 11. The number of benzene rings is 1. The highest BCUT2D eigenvalue weighted by atomic mass is 16.6. The van der Waals surface area contributed by atoms with Gasteiger partial charge >= 0.3 is 5.69 Å². The zero-order valence-corrected chi connectivity index (χ0v) is 24.0. The van der Waals surface area contributed by atoms with Crippen molar-refractivity contribution in [2.24, 2.45) is 11.7 Å². The quantitative estimate of drug-likeness (QED) is 0.0642. The van der Waals surface area contributed by atoms with Crippen LogP contribution < -0.4 is 5.73 Å². The summed E-state index contributed by atoms with van der Waals surface area (Å²) in [4.78, 5) is 23.7. The molecule has 2 aromatic rings. The minimum absolute atomic E-state index is 0.128. The Morgan fingerprint density at radius 3 is 2.25 bits per heavy atom. The van der Waals surface area contributed by atoms with Gasteiger partial charge in [-0.05, 0) is 47.6 Å². The van der Waals surface area contributed by atoms with Gasteiger partial charge in [-0.1, -0.05) is 89.7 Å². The number of aliphatic hydroxyl groups is 2. The highest BCUT2D eigenvalue weighted by Crippen LogP contribution is 2.27. The first-order valence-corrected chi connectivity index (χ1v) is 15.0. The largest absolute Gasteiger partial charge is 0.395 e. The summed E-state index contributed by atoms with van der Waals surface area (Å²) in [6.45, 7) is 1.90. The Morgan fingerprint density at radius 1 is 0.975 bits per heavy atom. The van der Waals surface area contributed by atoms with Crippen molar-refractivity contribution < 1.29 is 24.6 Å². The molecule has 1 aromatic carbocycles. The van der Waals surface area contributed by atoms with Crippen molar-refractivity contribution in [2.75, 3.05) is 6.61 Å². The van der Waals surface area contributed by atoms with E-state index in [-0.39, 0.29) is 29.5 Å². The first-order chi connectivity index (χ1) is 19.4. The Labute approximate surface area is 237 Å². The molecule has 0 saturated heterocycles. The number of allylic oxidation sites excluding steroid dienone is 1. The van der Waals surface area contributed by atoms with Crippen LogP contribution in [0, 0.1) is 16.0 Å². The summed E-state index contributed by atoms with van der Waals surface area (Å²) in [7, 11) is 0. The summed E-state index contributed by atoms with van der Waals surface area (Å²) in [5, 5.41) is 38.0. The van der Waals surface area contributed by atoms with E-state index >= 15 is 0 Å². The molecule has 0 bridgehead atoms. The molecule has 4 N–H and O–H groups in total. The maximum Gasteiger partial charge on any atom is 0.300 e. The average Bonchev–Trinajstić information content (AvgIpc) is 3.44. The number of aromatic nitrogens is 2. The Morgan fingerprint density at radius 2 is 1.60 bits per heavy atom. The van der Waals surface area contributed by atoms with Crippen molar-refractivity contribution in [1.82, 2.24) is 10.3 Å². The van der Waals surface area contributed by atoms with Crippen molar-refractivity contribution in [3.63, 3.8) is 0 Å². The van der Waals surface area contributed by atoms with E-state index in [1.807, 2.05) is 0 Å². The second-order valence-electron chi connectivity index (χ2n) is 10.8. The van der Waals surface area contributed by atoms with Gasteiger partial charge in [0, 0.05) is 18.4 Å². The van der Waals surface area contributed by atoms with Gasteiger partial charge in [0.15, 0.2) is 0 Å². The van der Waals surface area contributed by atoms with Crippen molar-refractivity contribution in [3.8, 4) is 0 Å². The summed E-state index contributed by atoms with van der Waals surface area (Å²) < 4.78 is 4.73. The molecule has 1 aromatic heterocycles. The maximum absolute atomic E-state index is 13.1. The van der Waals surface area contributed by atoms with Gasteiger partial charge in [0.1, 0.15) is 11.3 Å². The molecule has 2 rings (SSSR count). The van der Waals surface area contributed by atoms with Gasteiger partial charge in [0.25, 0.3) is 0 Å². The summed E-state index contributed by atoms with van der Waals surface area (Å²) >= 11 is 0. The fourth-order valence-electron chi connectivity index (χ4n) is 4.95. The van der Waals surface area contributed by atoms with Gasteiger partial charge in [0.05, 0.1) is 23.7 Å². The SMILES string of the molecule is CCCCCCCCCCCCC(/C=C/[C@@H](O)[C@@H](N)CO)C(=O)CCCCCc1ccc([N+](=O)[O-])c2nonc12. The van der Waals surface area contributed by atoms with E-state index in [4.69, 9.17) is 10.4 Å². The number of aryl methyl sites for hydroxylation is 1. The third-order valence-corrected chi connectivity index (χ3v) is 7.52. The number of carbonyl (C=O) groups excluding carboxylic acids is 1. The van der Waals surface area contributed by atoms with Crippen LogP contribution in [0.2, 0.25) is 0 Å². The highest BCUT2D eigenvalue weighted by molar-refractivity contribution is 5.86. The van der Waals surface area contributed by atoms with Crippen LogP contribution in [-0.2, 0) is 11.2 Å². The van der Waals surface area contributed by atoms with Gasteiger partial charge < -0.3 is 15.9 Å². The number of nitrogens with two attached hydrogens (primary N) is 1. The molecule has 40 heavy (non-hydrogen) atoms. The smallest absolute Gasteiger partial charge is 0.300 e. The predicted molar refractivity (Wildman–Crippen MR) is 156 cm³/mol. The normalized spacial score (nSPS) is 14.1. The maximum atomic E-state index is 13.1. The number of nitro groups is 1. The Hall–Kier alpha value is -2.69. The number of non-ortho nitro benzene ring substituents is 1. The Kier molecular flexibility index (Phi) is 16.3. The lowest BCUT2D eigenvalue weighted by Crippen LogP contribution is -2.36. The zero-order valence-electron chi connectivity index (χ0n) is 24.0. The van der Waals surface area contributed by atoms with E-state index in [0.29, 0.717) is 18.4 Å². The minimum Gasteiger partial charge on any atom is -0.395 e. The summed E-state index contributed by atoms with van der Waals surface area (Å²) in [5.41, 5.74) is 6.99. The number of Topliss-reactive ketones (excluding diaryl/α,β-unsaturated/α-hetero) is 1. The molecule has 10 heteroatoms. The molecular formula is C30H48N4O6. The standard InChI is InChI=1S/C30H48N4O6/c1-2-3-4-5-6-7-8-9-10-12-15-23(19-21-28(37)25(31)22-35)27(36)17-14-11-13-16-24-18-20-26(34(38)39)30-29(24)32-40-33-30/h18-21,23,25,28,35,37H,2-17,22,31H2,1H3/b21-19+/t23?,25-,28+/m0/s1. The molecule has 0 fully saturated rings. The summed E-state index contributed by atoms with van der Waals surface area (Å²) in [6.07, 6.45) is 18.8. The van der Waals surface area contributed by atoms with E-state index in [9.17, 15) is 25.1 Å². The van der Waals surface area contributed by atoms with Crippen LogP contribution in [0.3, 0.4) is 0 Å². The molecule has 10 nitrogen and oxygen atoms in total. The number of ketones is 1. The molecule has 1 heterocycles. The zero-order chi connectivity index (χ0) is 29.2. The van der Waals surface area contributed by atoms with Gasteiger partial charge in [-0.15, -0.1) is 0 Å². The molecule has 224 valence electrons. The van der Waals surface area contributed by atoms with E-state index in [2.05, 4.69) is 17.2 Å². The van der Waals surface area contributed by atoms with E-state index < -0.39 is 17.1 Å². The molecule has 0 radical (unpaired) electrons. The van der Waals surface area contributed by atoms with Crippen LogP contribution in [0.25, 0.3) is 11.0 Å². The number of hydrogen-bond acceptors (Lipinski definition) is 9. The lowest BCUT2D eigenvalue weighted by molar-refractivity contribution is -0.383. The van der Waals surface area contributed by atoms with Crippen LogP contribution >= 0.6 is 0 Å². The van der Waals surface area contributed by atoms with Gasteiger partial charge in [0.2, 0.25) is 5.52 Å². The second kappa shape index (κ2) is 19.4. The lowest BCUT2D eigenvalue weighted by atomic mass is 9.91. The third-order valence-electron chi connectivity index (χ3n) is 7.52. The number of aliphatic hydroxyl groups excluding tert-OH is 2. The van der Waals surface area contributed by atoms with Crippen LogP contribution in [-0.4, -0.2) is 50.0 Å². The molecule has 0 aliphatic carbocycles. The van der Waals surface area contributed by atoms with Crippen LogP contribution in [0.15, 0.2) is 28.9 Å². The Bertz CT molecular complexity index is 1040. The molecule has 0 spiro atoms. The highest BCUT2D eigenvalue weighted by Gasteiger charge is 2.20. The lowest BCUT2D eigenvalue weighted by Gasteiger charge is -2.15. The second-order valence-corrected chi connectivity index (χ2v) is 10.8. The monoisotopic (exact) mass is 560 g/mol. The molecular weight excluding hydrogens is 512 g/mol. The number of nitro benzene ring substituents is 1. The van der Waals surface area contributed by atoms with Crippen molar-refractivity contribution in [2.45, 2.75) is 122 Å². The number of rotatable bonds is 23. The fourth-order valence-corrected chi connectivity index (χ4v) is 4.95. The van der Waals surface area contributed by atoms with Gasteiger partial charge in [-0.25, -0.2) is 4.63 Å². The van der Waals surface area contributed by atoms with Gasteiger partial charge in [-0.2, -0.15) is 0 Å². The van der Waals surface area contributed by atoms with Crippen molar-refractivity contribution in [1.29, 1.82) is 0 Å². The van der Waals surface area contributed by atoms with E-state index in [1.165, 1.54) is 57.4 Å². The van der Waals surface area contributed by atoms with E-state index in [0.717, 1.165) is 44.1 Å². The fraction of sp³-hybridized carbons (Fsp3) is 0.700. The number of carbonyl (C=O) groups is 1. The summed E-state index contributed by atoms with van der Waals surface area (Å²) in [6, 6.07) is 2.34. The molecule has 0 aliphatic rings. The Balaban J connectivity index is 1.77. The first-order valence-electron chi connectivity index (χ1n) is 15.0.